The number of hydrogen-bond acceptors (Lipinski definition) is 5. The van der Waals surface area contributed by atoms with Gasteiger partial charge in [0.25, 0.3) is 5.56 Å². The molecule has 0 unspecified atom stereocenters. The number of hydrogen-bond donors (Lipinski definition) is 3. The monoisotopic (exact) mass is 379 g/mol. The summed E-state index contributed by atoms with van der Waals surface area (Å²) in [5, 5.41) is 3.86. The lowest BCUT2D eigenvalue weighted by Crippen LogP contribution is -2.29. The van der Waals surface area contributed by atoms with Crippen molar-refractivity contribution < 1.29 is 4.79 Å². The summed E-state index contributed by atoms with van der Waals surface area (Å²) in [5.41, 5.74) is 2.20. The molecule has 136 valence electrons. The Morgan fingerprint density at radius 2 is 1.81 bits per heavy atom. The van der Waals surface area contributed by atoms with Gasteiger partial charge in [-0.05, 0) is 31.2 Å². The Labute approximate surface area is 158 Å². The fourth-order valence-corrected chi connectivity index (χ4v) is 3.48. The molecule has 0 aliphatic heterocycles. The third kappa shape index (κ3) is 3.70. The van der Waals surface area contributed by atoms with Crippen LogP contribution in [-0.2, 0) is 4.79 Å². The number of aromatic amines is 2. The van der Waals surface area contributed by atoms with Gasteiger partial charge >= 0.3 is 0 Å². The number of amides is 1. The van der Waals surface area contributed by atoms with Gasteiger partial charge in [0.1, 0.15) is 5.82 Å². The van der Waals surface area contributed by atoms with Crippen LogP contribution < -0.4 is 10.9 Å². The van der Waals surface area contributed by atoms with Gasteiger partial charge in [0, 0.05) is 0 Å². The number of thioether (sulfide) groups is 1. The lowest BCUT2D eigenvalue weighted by molar-refractivity contribution is -0.119. The van der Waals surface area contributed by atoms with Crippen molar-refractivity contribution in [2.24, 2.45) is 0 Å². The second kappa shape index (κ2) is 7.24. The van der Waals surface area contributed by atoms with Crippen molar-refractivity contribution in [3.8, 4) is 0 Å². The minimum Gasteiger partial charge on any atom is -0.346 e. The Morgan fingerprint density at radius 1 is 1.07 bits per heavy atom. The van der Waals surface area contributed by atoms with Crippen LogP contribution >= 0.6 is 11.8 Å². The molecule has 0 aliphatic rings. The fraction of sp³-hybridized carbons (Fsp3) is 0.158. The molecule has 2 heterocycles. The van der Waals surface area contributed by atoms with Crippen molar-refractivity contribution >= 4 is 39.6 Å². The standard InChI is InChI=1S/C19H17N5O2S/c1-11(17-21-14-8-4-5-9-15(14)22-17)20-16(25)10-27-19-23-13-7-3-2-6-12(13)18(26)24-19/h2-9,11H,10H2,1H3,(H,20,25)(H,21,22)(H,23,24,26)/t11-/m1/s1. The molecule has 4 rings (SSSR count). The molecule has 7 nitrogen and oxygen atoms in total. The molecule has 0 bridgehead atoms. The molecule has 1 atom stereocenters. The molecule has 4 aromatic rings. The third-order valence-corrected chi connectivity index (χ3v) is 5.00. The molecule has 3 N–H and O–H groups in total. The summed E-state index contributed by atoms with van der Waals surface area (Å²) in [6.45, 7) is 1.87. The van der Waals surface area contributed by atoms with E-state index < -0.39 is 0 Å². The van der Waals surface area contributed by atoms with Gasteiger partial charge < -0.3 is 15.3 Å². The van der Waals surface area contributed by atoms with Crippen LogP contribution in [0.15, 0.2) is 58.5 Å². The van der Waals surface area contributed by atoms with E-state index in [1.807, 2.05) is 37.3 Å². The van der Waals surface area contributed by atoms with E-state index in [1.165, 1.54) is 11.8 Å². The molecule has 1 amide bonds. The Morgan fingerprint density at radius 3 is 2.63 bits per heavy atom. The van der Waals surface area contributed by atoms with Crippen LogP contribution in [0.25, 0.3) is 21.9 Å². The summed E-state index contributed by atoms with van der Waals surface area (Å²) < 4.78 is 0. The first-order valence-electron chi connectivity index (χ1n) is 8.46. The first kappa shape index (κ1) is 17.3. The number of H-pyrrole nitrogens is 2. The lowest BCUT2D eigenvalue weighted by atomic mass is 10.2. The maximum atomic E-state index is 12.3. The molecule has 0 spiro atoms. The maximum absolute atomic E-state index is 12.3. The van der Waals surface area contributed by atoms with Gasteiger partial charge in [-0.3, -0.25) is 9.59 Å². The highest BCUT2D eigenvalue weighted by Gasteiger charge is 2.14. The maximum Gasteiger partial charge on any atom is 0.259 e. The number of rotatable bonds is 5. The Bertz CT molecular complexity index is 1150. The Hall–Kier alpha value is -3.13. The number of nitrogens with one attached hydrogen (secondary N) is 3. The molecule has 27 heavy (non-hydrogen) atoms. The van der Waals surface area contributed by atoms with E-state index in [-0.39, 0.29) is 23.3 Å². The van der Waals surface area contributed by atoms with E-state index in [0.29, 0.717) is 21.9 Å². The molecule has 0 aliphatic carbocycles. The predicted octanol–water partition coefficient (Wildman–Crippen LogP) is 2.77. The lowest BCUT2D eigenvalue weighted by Gasteiger charge is -2.11. The zero-order chi connectivity index (χ0) is 18.8. The number of para-hydroxylation sites is 3. The van der Waals surface area contributed by atoms with Crippen molar-refractivity contribution in [3.05, 3.63) is 64.7 Å². The predicted molar refractivity (Wildman–Crippen MR) is 106 cm³/mol. The first-order valence-corrected chi connectivity index (χ1v) is 9.44. The van der Waals surface area contributed by atoms with E-state index in [1.54, 1.807) is 18.2 Å². The normalized spacial score (nSPS) is 12.3. The smallest absolute Gasteiger partial charge is 0.259 e. The van der Waals surface area contributed by atoms with E-state index in [4.69, 9.17) is 0 Å². The van der Waals surface area contributed by atoms with E-state index >= 15 is 0 Å². The molecule has 2 aromatic carbocycles. The molecular weight excluding hydrogens is 362 g/mol. The van der Waals surface area contributed by atoms with E-state index in [0.717, 1.165) is 11.0 Å². The number of carbonyl (C=O) groups is 1. The quantitative estimate of drug-likeness (QED) is 0.365. The average Bonchev–Trinajstić information content (AvgIpc) is 3.11. The second-order valence-electron chi connectivity index (χ2n) is 6.11. The van der Waals surface area contributed by atoms with Gasteiger partial charge in [-0.15, -0.1) is 0 Å². The minimum absolute atomic E-state index is 0.145. The number of nitrogens with zero attached hydrogens (tertiary/aromatic N) is 2. The van der Waals surface area contributed by atoms with Gasteiger partial charge in [-0.1, -0.05) is 36.0 Å². The van der Waals surface area contributed by atoms with Crippen LogP contribution in [-0.4, -0.2) is 31.6 Å². The van der Waals surface area contributed by atoms with Crippen LogP contribution in [0.1, 0.15) is 18.8 Å². The first-order chi connectivity index (χ1) is 13.1. The van der Waals surface area contributed by atoms with Gasteiger partial charge in [0.15, 0.2) is 5.16 Å². The van der Waals surface area contributed by atoms with Crippen molar-refractivity contribution in [2.45, 2.75) is 18.1 Å². The highest BCUT2D eigenvalue weighted by atomic mass is 32.2. The number of imidazole rings is 1. The summed E-state index contributed by atoms with van der Waals surface area (Å²) in [4.78, 5) is 39.1. The van der Waals surface area contributed by atoms with E-state index in [2.05, 4.69) is 25.3 Å². The number of carbonyl (C=O) groups excluding carboxylic acids is 1. The van der Waals surface area contributed by atoms with Crippen LogP contribution in [0, 0.1) is 0 Å². The van der Waals surface area contributed by atoms with Gasteiger partial charge in [0.2, 0.25) is 5.91 Å². The topological polar surface area (TPSA) is 104 Å². The summed E-state index contributed by atoms with van der Waals surface area (Å²) >= 11 is 1.19. The van der Waals surface area contributed by atoms with Crippen molar-refractivity contribution in [1.82, 2.24) is 25.3 Å². The highest BCUT2D eigenvalue weighted by Crippen LogP contribution is 2.17. The second-order valence-corrected chi connectivity index (χ2v) is 7.07. The van der Waals surface area contributed by atoms with Crippen molar-refractivity contribution in [1.29, 1.82) is 0 Å². The molecule has 0 saturated carbocycles. The highest BCUT2D eigenvalue weighted by molar-refractivity contribution is 7.99. The summed E-state index contributed by atoms with van der Waals surface area (Å²) in [6.07, 6.45) is 0. The van der Waals surface area contributed by atoms with Crippen molar-refractivity contribution in [3.63, 3.8) is 0 Å². The number of fused-ring (bicyclic) bond motifs is 2. The number of benzene rings is 2. The van der Waals surface area contributed by atoms with E-state index in [9.17, 15) is 9.59 Å². The van der Waals surface area contributed by atoms with Gasteiger partial charge in [-0.25, -0.2) is 9.97 Å². The molecule has 0 radical (unpaired) electrons. The summed E-state index contributed by atoms with van der Waals surface area (Å²) in [7, 11) is 0. The third-order valence-electron chi connectivity index (χ3n) is 4.13. The van der Waals surface area contributed by atoms with Crippen LogP contribution in [0.3, 0.4) is 0 Å². The van der Waals surface area contributed by atoms with Gasteiger partial charge in [0.05, 0.1) is 33.7 Å². The Kier molecular flexibility index (Phi) is 4.64. The van der Waals surface area contributed by atoms with Crippen molar-refractivity contribution in [2.75, 3.05) is 5.75 Å². The van der Waals surface area contributed by atoms with Crippen LogP contribution in [0.2, 0.25) is 0 Å². The van der Waals surface area contributed by atoms with Crippen LogP contribution in [0.4, 0.5) is 0 Å². The molecular formula is C19H17N5O2S. The molecule has 8 heteroatoms. The molecule has 0 fully saturated rings. The largest absolute Gasteiger partial charge is 0.346 e. The fourth-order valence-electron chi connectivity index (χ4n) is 2.80. The SMILES string of the molecule is C[C@@H](NC(=O)CSc1nc2ccccc2c(=O)[nH]1)c1nc2ccccc2[nH]1. The minimum atomic E-state index is -0.255. The Balaban J connectivity index is 1.41. The summed E-state index contributed by atoms with van der Waals surface area (Å²) in [5.74, 6) is 0.682. The van der Waals surface area contributed by atoms with Gasteiger partial charge in [-0.2, -0.15) is 0 Å². The molecule has 2 aromatic heterocycles. The average molecular weight is 379 g/mol. The molecule has 0 saturated heterocycles. The number of aromatic nitrogens is 4. The zero-order valence-corrected chi connectivity index (χ0v) is 15.3. The summed E-state index contributed by atoms with van der Waals surface area (Å²) in [6, 6.07) is 14.6. The van der Waals surface area contributed by atoms with Crippen LogP contribution in [0.5, 0.6) is 0 Å². The zero-order valence-electron chi connectivity index (χ0n) is 14.5.